The Kier molecular flexibility index (Phi) is 36.7. The van der Waals surface area contributed by atoms with Gasteiger partial charge in [0, 0.05) is 48.9 Å². The first-order valence-corrected chi connectivity index (χ1v) is 25.3. The highest BCUT2D eigenvalue weighted by atomic mass is 127. The Bertz CT molecular complexity index is 1430. The van der Waals surface area contributed by atoms with E-state index < -0.39 is 55.8 Å². The monoisotopic (exact) mass is 1030 g/mol. The van der Waals surface area contributed by atoms with Crippen LogP contribution in [0.5, 0.6) is 0 Å². The molecular formula is C37H71IN6O15S2. The summed E-state index contributed by atoms with van der Waals surface area (Å²) in [6.07, 6.45) is 14.3. The van der Waals surface area contributed by atoms with Gasteiger partial charge in [0.25, 0.3) is 20.2 Å². The number of carbonyl (C=O) groups excluding carboxylic acids is 5. The van der Waals surface area contributed by atoms with Crippen molar-refractivity contribution in [3.63, 3.8) is 0 Å². The number of hydrogen-bond donors (Lipinski definition) is 8. The van der Waals surface area contributed by atoms with Gasteiger partial charge in [-0.15, -0.1) is 0 Å². The number of ether oxygens (including phenoxy) is 4. The SMILES string of the molecule is NC(=O)[C@H](CCCCNC(=O)COCCOCCNC(=O)COCCOCCNC(=O)[C@H](CS(=O)(=O)O)NC(=O)CCCCCCCCCCCCCCCS(=O)(=O)O)NI. The fourth-order valence-corrected chi connectivity index (χ4v) is 7.47. The molecule has 0 radical (unpaired) electrons. The van der Waals surface area contributed by atoms with E-state index in [0.29, 0.717) is 32.2 Å². The van der Waals surface area contributed by atoms with Crippen molar-refractivity contribution in [1.29, 1.82) is 0 Å². The predicted octanol–water partition coefficient (Wildman–Crippen LogP) is 1.09. The van der Waals surface area contributed by atoms with Gasteiger partial charge in [0.1, 0.15) is 25.0 Å². The molecule has 61 heavy (non-hydrogen) atoms. The van der Waals surface area contributed by atoms with Gasteiger partial charge in [-0.25, -0.2) is 3.53 Å². The van der Waals surface area contributed by atoms with Crippen LogP contribution in [0, 0.1) is 0 Å². The van der Waals surface area contributed by atoms with Crippen LogP contribution in [0.4, 0.5) is 0 Å². The van der Waals surface area contributed by atoms with Gasteiger partial charge in [0.15, 0.2) is 0 Å². The molecule has 5 amide bonds. The van der Waals surface area contributed by atoms with Crippen molar-refractivity contribution in [1.82, 2.24) is 24.8 Å². The highest BCUT2D eigenvalue weighted by molar-refractivity contribution is 14.1. The molecule has 2 atom stereocenters. The molecule has 0 aromatic carbocycles. The molecule has 0 saturated heterocycles. The second kappa shape index (κ2) is 38.2. The molecule has 21 nitrogen and oxygen atoms in total. The highest BCUT2D eigenvalue weighted by Crippen LogP contribution is 2.13. The van der Waals surface area contributed by atoms with Gasteiger partial charge in [-0.3, -0.25) is 33.1 Å². The smallest absolute Gasteiger partial charge is 0.267 e. The van der Waals surface area contributed by atoms with Crippen LogP contribution in [0.3, 0.4) is 0 Å². The summed E-state index contributed by atoms with van der Waals surface area (Å²) in [5.74, 6) is -3.48. The summed E-state index contributed by atoms with van der Waals surface area (Å²) in [5.41, 5.74) is 5.26. The molecule has 0 bridgehead atoms. The molecule has 0 unspecified atom stereocenters. The van der Waals surface area contributed by atoms with Crippen LogP contribution in [0.2, 0.25) is 0 Å². The van der Waals surface area contributed by atoms with Gasteiger partial charge in [-0.05, 0) is 32.1 Å². The van der Waals surface area contributed by atoms with E-state index in [2.05, 4.69) is 24.8 Å². The summed E-state index contributed by atoms with van der Waals surface area (Å²) in [5, 5.41) is 10.2. The number of halogens is 1. The molecule has 24 heteroatoms. The van der Waals surface area contributed by atoms with Crippen molar-refractivity contribution in [2.75, 3.05) is 84.0 Å². The molecule has 0 aliphatic carbocycles. The maximum absolute atomic E-state index is 12.6. The Balaban J connectivity index is 3.86. The molecule has 0 fully saturated rings. The number of amides is 5. The van der Waals surface area contributed by atoms with E-state index in [1.807, 2.05) is 22.9 Å². The molecule has 0 aliphatic heterocycles. The lowest BCUT2D eigenvalue weighted by molar-refractivity contribution is -0.128. The quantitative estimate of drug-likeness (QED) is 0.0183. The van der Waals surface area contributed by atoms with Crippen LogP contribution < -0.4 is 30.5 Å². The van der Waals surface area contributed by atoms with Gasteiger partial charge >= 0.3 is 0 Å². The second-order valence-electron chi connectivity index (χ2n) is 14.4. The van der Waals surface area contributed by atoms with Crippen LogP contribution in [0.1, 0.15) is 109 Å². The summed E-state index contributed by atoms with van der Waals surface area (Å²) < 4.78 is 86.4. The minimum Gasteiger partial charge on any atom is -0.377 e. The van der Waals surface area contributed by atoms with E-state index in [-0.39, 0.29) is 89.9 Å². The third kappa shape index (κ3) is 41.5. The van der Waals surface area contributed by atoms with Crippen LogP contribution in [0.25, 0.3) is 0 Å². The van der Waals surface area contributed by atoms with E-state index >= 15 is 0 Å². The summed E-state index contributed by atoms with van der Waals surface area (Å²) in [7, 11) is -8.43. The lowest BCUT2D eigenvalue weighted by Crippen LogP contribution is -2.50. The fourth-order valence-electron chi connectivity index (χ4n) is 5.63. The maximum Gasteiger partial charge on any atom is 0.267 e. The minimum atomic E-state index is -4.56. The first-order valence-electron chi connectivity index (χ1n) is 21.0. The number of nitrogens with two attached hydrogens (primary N) is 1. The molecule has 358 valence electrons. The zero-order valence-electron chi connectivity index (χ0n) is 35.3. The number of primary amides is 1. The topological polar surface area (TPSA) is 317 Å². The molecule has 0 aliphatic rings. The largest absolute Gasteiger partial charge is 0.377 e. The number of hydrogen-bond acceptors (Lipinski definition) is 14. The Labute approximate surface area is 375 Å². The van der Waals surface area contributed by atoms with Crippen LogP contribution in [0.15, 0.2) is 0 Å². The van der Waals surface area contributed by atoms with Crippen molar-refractivity contribution >= 4 is 72.6 Å². The van der Waals surface area contributed by atoms with E-state index in [9.17, 15) is 45.4 Å². The third-order valence-electron chi connectivity index (χ3n) is 8.88. The van der Waals surface area contributed by atoms with E-state index in [1.165, 1.54) is 0 Å². The second-order valence-corrected chi connectivity index (χ2v) is 18.1. The van der Waals surface area contributed by atoms with Crippen LogP contribution in [-0.2, 0) is 63.2 Å². The van der Waals surface area contributed by atoms with Crippen molar-refractivity contribution in [3.8, 4) is 0 Å². The Morgan fingerprint density at radius 1 is 0.525 bits per heavy atom. The fraction of sp³-hybridized carbons (Fsp3) is 0.865. The molecular weight excluding hydrogens is 959 g/mol. The van der Waals surface area contributed by atoms with Gasteiger partial charge in [0.05, 0.1) is 51.4 Å². The summed E-state index contributed by atoms with van der Waals surface area (Å²) in [6, 6.07) is -1.87. The first kappa shape index (κ1) is 58.7. The Hall–Kier alpha value is -2.30. The lowest BCUT2D eigenvalue weighted by atomic mass is 10.0. The van der Waals surface area contributed by atoms with Crippen LogP contribution in [-0.4, -0.2) is 152 Å². The standard InChI is InChI=1S/C37H71IN6O15S2/c38-44-31(36(39)48)16-13-14-18-40-34(46)28-58-25-23-56-21-19-41-35(47)29-59-26-24-57-22-20-42-37(49)32(30-61(53,54)55)43-33(45)17-12-10-8-6-4-2-1-3-5-7-9-11-15-27-60(50,51)52/h31-32,44H,1-30H2,(H2,39,48)(H,40,46)(H,41,47)(H,42,49)(H,43,45)(H,50,51,52)(H,53,54,55)/t31-,32-/m0/s1. The van der Waals surface area contributed by atoms with Gasteiger partial charge in [-0.1, -0.05) is 70.6 Å². The number of nitrogens with one attached hydrogen (secondary N) is 5. The minimum absolute atomic E-state index is 0.00649. The molecule has 0 aromatic heterocycles. The van der Waals surface area contributed by atoms with Gasteiger partial charge in [0.2, 0.25) is 29.5 Å². The predicted molar refractivity (Wildman–Crippen MR) is 236 cm³/mol. The van der Waals surface area contributed by atoms with Gasteiger partial charge < -0.3 is 45.9 Å². The number of unbranched alkanes of at least 4 members (excludes halogenated alkanes) is 13. The average molecular weight is 1030 g/mol. The van der Waals surface area contributed by atoms with E-state index in [1.54, 1.807) is 0 Å². The number of carbonyl (C=O) groups is 5. The van der Waals surface area contributed by atoms with Gasteiger partial charge in [-0.2, -0.15) is 16.8 Å². The summed E-state index contributed by atoms with van der Waals surface area (Å²) >= 11 is 1.88. The Morgan fingerprint density at radius 2 is 0.984 bits per heavy atom. The molecule has 0 rings (SSSR count). The normalized spacial score (nSPS) is 12.7. The molecule has 0 aromatic rings. The summed E-state index contributed by atoms with van der Waals surface area (Å²) in [6.45, 7) is 1.24. The zero-order valence-corrected chi connectivity index (χ0v) is 39.1. The van der Waals surface area contributed by atoms with Crippen molar-refractivity contribution < 1.29 is 68.9 Å². The Morgan fingerprint density at radius 3 is 1.46 bits per heavy atom. The molecule has 9 N–H and O–H groups in total. The highest BCUT2D eigenvalue weighted by Gasteiger charge is 2.26. The van der Waals surface area contributed by atoms with E-state index in [0.717, 1.165) is 77.0 Å². The first-order chi connectivity index (χ1) is 29.0. The maximum atomic E-state index is 12.6. The average Bonchev–Trinajstić information content (AvgIpc) is 3.18. The van der Waals surface area contributed by atoms with Crippen molar-refractivity contribution in [2.24, 2.45) is 5.73 Å². The molecule has 0 heterocycles. The molecule has 0 spiro atoms. The molecule has 0 saturated carbocycles. The number of rotatable bonds is 43. The third-order valence-corrected chi connectivity index (χ3v) is 11.2. The van der Waals surface area contributed by atoms with E-state index in [4.69, 9.17) is 29.2 Å². The zero-order chi connectivity index (χ0) is 45.6. The van der Waals surface area contributed by atoms with Crippen LogP contribution >= 0.6 is 22.9 Å². The van der Waals surface area contributed by atoms with Crippen molar-refractivity contribution in [3.05, 3.63) is 0 Å². The van der Waals surface area contributed by atoms with Crippen molar-refractivity contribution in [2.45, 2.75) is 121 Å². The lowest BCUT2D eigenvalue weighted by Gasteiger charge is -2.17. The summed E-state index contributed by atoms with van der Waals surface area (Å²) in [4.78, 5) is 59.9.